The first-order chi connectivity index (χ1) is 10.1. The summed E-state index contributed by atoms with van der Waals surface area (Å²) in [5.41, 5.74) is 1.30. The zero-order valence-corrected chi connectivity index (χ0v) is 11.9. The molecule has 1 aliphatic carbocycles. The molecular weight excluding hydrogens is 271 g/mol. The highest BCUT2D eigenvalue weighted by Gasteiger charge is 2.24. The van der Waals surface area contributed by atoms with Crippen LogP contribution in [0.2, 0.25) is 0 Å². The molecule has 0 aliphatic heterocycles. The third kappa shape index (κ3) is 2.99. The van der Waals surface area contributed by atoms with E-state index in [4.69, 9.17) is 0 Å². The van der Waals surface area contributed by atoms with Crippen LogP contribution in [0.5, 0.6) is 0 Å². The Bertz CT molecular complexity index is 667. The Morgan fingerprint density at radius 1 is 1.43 bits per heavy atom. The van der Waals surface area contributed by atoms with Crippen molar-refractivity contribution in [3.05, 3.63) is 29.6 Å². The molecule has 0 bridgehead atoms. The Morgan fingerprint density at radius 3 is 3.00 bits per heavy atom. The predicted molar refractivity (Wildman–Crippen MR) is 74.9 cm³/mol. The number of aryl methyl sites for hydroxylation is 2. The van der Waals surface area contributed by atoms with Crippen molar-refractivity contribution in [2.45, 2.75) is 39.2 Å². The van der Waals surface area contributed by atoms with Gasteiger partial charge in [0.05, 0.1) is 6.54 Å². The van der Waals surface area contributed by atoms with Crippen molar-refractivity contribution in [2.24, 2.45) is 5.92 Å². The maximum atomic E-state index is 13.3. The van der Waals surface area contributed by atoms with Crippen molar-refractivity contribution in [3.63, 3.8) is 0 Å². The molecular formula is C15H17FN4O. The standard InChI is InChI=1S/C15H17FN4O/c1-10-9-12(5-6-13(10)16)15-17-19-20(18-15)8-7-11-3-2-4-14(11)21/h5-6,9,11H,2-4,7-8H2,1H3/t11-/m1/s1. The second kappa shape index (κ2) is 5.71. The fourth-order valence-corrected chi connectivity index (χ4v) is 2.70. The molecule has 1 heterocycles. The number of rotatable bonds is 4. The molecule has 0 saturated heterocycles. The normalized spacial score (nSPS) is 18.4. The predicted octanol–water partition coefficient (Wildman–Crippen LogP) is 2.55. The summed E-state index contributed by atoms with van der Waals surface area (Å²) < 4.78 is 13.3. The van der Waals surface area contributed by atoms with Gasteiger partial charge in [0, 0.05) is 17.9 Å². The third-order valence-electron chi connectivity index (χ3n) is 3.98. The zero-order valence-electron chi connectivity index (χ0n) is 11.9. The van der Waals surface area contributed by atoms with E-state index in [0.29, 0.717) is 30.1 Å². The molecule has 0 spiro atoms. The van der Waals surface area contributed by atoms with Gasteiger partial charge < -0.3 is 0 Å². The van der Waals surface area contributed by atoms with E-state index in [1.54, 1.807) is 19.1 Å². The van der Waals surface area contributed by atoms with E-state index < -0.39 is 0 Å². The average molecular weight is 288 g/mol. The van der Waals surface area contributed by atoms with Gasteiger partial charge in [-0.15, -0.1) is 10.2 Å². The van der Waals surface area contributed by atoms with E-state index in [-0.39, 0.29) is 11.7 Å². The number of aromatic nitrogens is 4. The molecule has 1 aromatic carbocycles. The van der Waals surface area contributed by atoms with Crippen LogP contribution in [0.4, 0.5) is 4.39 Å². The van der Waals surface area contributed by atoms with Gasteiger partial charge in [0.25, 0.3) is 0 Å². The number of carbonyl (C=O) groups excluding carboxylic acids is 1. The lowest BCUT2D eigenvalue weighted by Gasteiger charge is -2.05. The highest BCUT2D eigenvalue weighted by atomic mass is 19.1. The molecule has 0 unspecified atom stereocenters. The molecule has 1 aliphatic rings. The maximum absolute atomic E-state index is 13.3. The number of tetrazole rings is 1. The number of hydrogen-bond donors (Lipinski definition) is 0. The van der Waals surface area contributed by atoms with Crippen LogP contribution in [0.25, 0.3) is 11.4 Å². The van der Waals surface area contributed by atoms with E-state index in [1.165, 1.54) is 10.9 Å². The molecule has 1 atom stereocenters. The molecule has 2 aromatic rings. The fourth-order valence-electron chi connectivity index (χ4n) is 2.70. The molecule has 0 N–H and O–H groups in total. The topological polar surface area (TPSA) is 60.7 Å². The summed E-state index contributed by atoms with van der Waals surface area (Å²) in [7, 11) is 0. The minimum Gasteiger partial charge on any atom is -0.299 e. The molecule has 6 heteroatoms. The summed E-state index contributed by atoms with van der Waals surface area (Å²) >= 11 is 0. The van der Waals surface area contributed by atoms with Crippen LogP contribution < -0.4 is 0 Å². The Morgan fingerprint density at radius 2 is 2.29 bits per heavy atom. The summed E-state index contributed by atoms with van der Waals surface area (Å²) in [4.78, 5) is 13.1. The van der Waals surface area contributed by atoms with Crippen LogP contribution in [0, 0.1) is 18.7 Å². The molecule has 1 fully saturated rings. The molecule has 0 radical (unpaired) electrons. The first kappa shape index (κ1) is 13.9. The minimum atomic E-state index is -0.245. The van der Waals surface area contributed by atoms with Crippen LogP contribution >= 0.6 is 0 Å². The molecule has 21 heavy (non-hydrogen) atoms. The lowest BCUT2D eigenvalue weighted by Crippen LogP contribution is -2.12. The van der Waals surface area contributed by atoms with Gasteiger partial charge >= 0.3 is 0 Å². The van der Waals surface area contributed by atoms with E-state index in [1.807, 2.05) is 0 Å². The monoisotopic (exact) mass is 288 g/mol. The van der Waals surface area contributed by atoms with Crippen molar-refractivity contribution >= 4 is 5.78 Å². The van der Waals surface area contributed by atoms with Gasteiger partial charge in [-0.25, -0.2) is 4.39 Å². The van der Waals surface area contributed by atoms with Crippen LogP contribution in [-0.2, 0) is 11.3 Å². The van der Waals surface area contributed by atoms with Gasteiger partial charge in [-0.1, -0.05) is 0 Å². The highest BCUT2D eigenvalue weighted by molar-refractivity contribution is 5.82. The number of benzene rings is 1. The van der Waals surface area contributed by atoms with Crippen LogP contribution in [0.1, 0.15) is 31.2 Å². The van der Waals surface area contributed by atoms with Crippen LogP contribution in [0.3, 0.4) is 0 Å². The summed E-state index contributed by atoms with van der Waals surface area (Å²) in [5, 5.41) is 12.3. The number of nitrogens with zero attached hydrogens (tertiary/aromatic N) is 4. The molecule has 1 saturated carbocycles. The number of halogens is 1. The highest BCUT2D eigenvalue weighted by Crippen LogP contribution is 2.24. The largest absolute Gasteiger partial charge is 0.299 e. The van der Waals surface area contributed by atoms with E-state index in [2.05, 4.69) is 15.4 Å². The SMILES string of the molecule is Cc1cc(-c2nnn(CC[C@H]3CCCC3=O)n2)ccc1F. The summed E-state index contributed by atoms with van der Waals surface area (Å²) in [6, 6.07) is 4.75. The summed E-state index contributed by atoms with van der Waals surface area (Å²) in [6.07, 6.45) is 3.43. The number of Topliss-reactive ketones (excluding diaryl/α,β-unsaturated/α-hetero) is 1. The number of ketones is 1. The average Bonchev–Trinajstić information content (AvgIpc) is 3.09. The fraction of sp³-hybridized carbons (Fsp3) is 0.467. The van der Waals surface area contributed by atoms with E-state index >= 15 is 0 Å². The Labute approximate surface area is 122 Å². The Balaban J connectivity index is 1.68. The van der Waals surface area contributed by atoms with Gasteiger partial charge in [-0.3, -0.25) is 4.79 Å². The van der Waals surface area contributed by atoms with Crippen molar-refractivity contribution in [2.75, 3.05) is 0 Å². The molecule has 1 aromatic heterocycles. The Kier molecular flexibility index (Phi) is 3.77. The molecule has 0 amide bonds. The third-order valence-corrected chi connectivity index (χ3v) is 3.98. The summed E-state index contributed by atoms with van der Waals surface area (Å²) in [5.74, 6) is 0.735. The van der Waals surface area contributed by atoms with Crippen molar-refractivity contribution in [1.29, 1.82) is 0 Å². The van der Waals surface area contributed by atoms with Crippen molar-refractivity contribution in [1.82, 2.24) is 20.2 Å². The van der Waals surface area contributed by atoms with Gasteiger partial charge in [-0.05, 0) is 55.2 Å². The smallest absolute Gasteiger partial charge is 0.204 e. The van der Waals surface area contributed by atoms with Crippen molar-refractivity contribution in [3.8, 4) is 11.4 Å². The second-order valence-corrected chi connectivity index (χ2v) is 5.52. The van der Waals surface area contributed by atoms with E-state index in [9.17, 15) is 9.18 Å². The number of carbonyl (C=O) groups is 1. The quantitative estimate of drug-likeness (QED) is 0.867. The minimum absolute atomic E-state index is 0.146. The lowest BCUT2D eigenvalue weighted by atomic mass is 10.0. The second-order valence-electron chi connectivity index (χ2n) is 5.52. The zero-order chi connectivity index (χ0) is 14.8. The first-order valence-corrected chi connectivity index (χ1v) is 7.20. The van der Waals surface area contributed by atoms with Crippen LogP contribution in [0.15, 0.2) is 18.2 Å². The summed E-state index contributed by atoms with van der Waals surface area (Å²) in [6.45, 7) is 2.29. The lowest BCUT2D eigenvalue weighted by molar-refractivity contribution is -0.120. The maximum Gasteiger partial charge on any atom is 0.204 e. The number of hydrogen-bond acceptors (Lipinski definition) is 4. The van der Waals surface area contributed by atoms with Gasteiger partial charge in [0.1, 0.15) is 11.6 Å². The molecule has 110 valence electrons. The molecule has 5 nitrogen and oxygen atoms in total. The van der Waals surface area contributed by atoms with Crippen LogP contribution in [-0.4, -0.2) is 26.0 Å². The van der Waals surface area contributed by atoms with Crippen molar-refractivity contribution < 1.29 is 9.18 Å². The van der Waals surface area contributed by atoms with Gasteiger partial charge in [-0.2, -0.15) is 4.80 Å². The van der Waals surface area contributed by atoms with Gasteiger partial charge in [0.15, 0.2) is 0 Å². The Hall–Kier alpha value is -2.11. The molecule has 3 rings (SSSR count). The first-order valence-electron chi connectivity index (χ1n) is 7.20. The van der Waals surface area contributed by atoms with E-state index in [0.717, 1.165) is 24.8 Å². The van der Waals surface area contributed by atoms with Gasteiger partial charge in [0.2, 0.25) is 5.82 Å².